The number of methoxy groups -OCH3 is 1. The van der Waals surface area contributed by atoms with Crippen LogP contribution in [0.1, 0.15) is 15.9 Å². The highest BCUT2D eigenvalue weighted by atomic mass is 32.1. The SMILES string of the molecule is COc1ccccc1-c1csc2nc(NC(=O)c3cc([N+](=O)[O-])c(C)c([N+](=O)[O-])c3)nn12. The van der Waals surface area contributed by atoms with Crippen LogP contribution in [0.4, 0.5) is 17.3 Å². The number of para-hydroxylation sites is 1. The van der Waals surface area contributed by atoms with Crippen molar-refractivity contribution in [1.82, 2.24) is 14.6 Å². The van der Waals surface area contributed by atoms with Crippen LogP contribution in [0.3, 0.4) is 0 Å². The van der Waals surface area contributed by atoms with Crippen LogP contribution in [0.2, 0.25) is 0 Å². The Hall–Kier alpha value is -4.39. The molecule has 2 aromatic heterocycles. The van der Waals surface area contributed by atoms with E-state index in [1.807, 2.05) is 23.6 Å². The largest absolute Gasteiger partial charge is 0.496 e. The second-order valence-electron chi connectivity index (χ2n) is 6.56. The molecule has 12 nitrogen and oxygen atoms in total. The predicted octanol–water partition coefficient (Wildman–Crippen LogP) is 3.84. The minimum absolute atomic E-state index is 0.0520. The van der Waals surface area contributed by atoms with Gasteiger partial charge in [0.25, 0.3) is 23.2 Å². The van der Waals surface area contributed by atoms with Gasteiger partial charge < -0.3 is 4.74 Å². The maximum absolute atomic E-state index is 12.7. The number of hydrogen-bond acceptors (Lipinski definition) is 9. The molecule has 2 heterocycles. The molecule has 0 saturated carbocycles. The van der Waals surface area contributed by atoms with E-state index >= 15 is 0 Å². The zero-order valence-corrected chi connectivity index (χ0v) is 17.5. The van der Waals surface area contributed by atoms with Gasteiger partial charge in [0, 0.05) is 23.1 Å². The standard InChI is InChI=1S/C19H14N6O6S/c1-10-13(24(27)28)7-11(8-14(10)25(29)30)17(26)20-18-21-19-23(22-18)15(9-32-19)12-5-3-4-6-16(12)31-2/h3-9H,1-2H3,(H,20,22,26). The molecule has 1 N–H and O–H groups in total. The lowest BCUT2D eigenvalue weighted by atomic mass is 10.1. The van der Waals surface area contributed by atoms with E-state index in [2.05, 4.69) is 15.4 Å². The summed E-state index contributed by atoms with van der Waals surface area (Å²) < 4.78 is 6.91. The monoisotopic (exact) mass is 454 g/mol. The molecule has 0 radical (unpaired) electrons. The van der Waals surface area contributed by atoms with Gasteiger partial charge in [0.2, 0.25) is 4.96 Å². The molecule has 1 amide bonds. The number of hydrogen-bond donors (Lipinski definition) is 1. The van der Waals surface area contributed by atoms with E-state index in [1.54, 1.807) is 13.2 Å². The van der Waals surface area contributed by atoms with Crippen LogP contribution >= 0.6 is 11.3 Å². The molecule has 0 saturated heterocycles. The van der Waals surface area contributed by atoms with Gasteiger partial charge >= 0.3 is 0 Å². The lowest BCUT2D eigenvalue weighted by Crippen LogP contribution is -2.14. The highest BCUT2D eigenvalue weighted by Gasteiger charge is 2.26. The van der Waals surface area contributed by atoms with E-state index in [-0.39, 0.29) is 17.1 Å². The normalized spacial score (nSPS) is 10.8. The number of nitrogens with one attached hydrogen (secondary N) is 1. The molecule has 0 spiro atoms. The lowest BCUT2D eigenvalue weighted by Gasteiger charge is -2.06. The Labute approximate surface area is 183 Å². The third-order valence-electron chi connectivity index (χ3n) is 4.70. The van der Waals surface area contributed by atoms with E-state index in [1.165, 1.54) is 22.8 Å². The predicted molar refractivity (Wildman–Crippen MR) is 115 cm³/mol. The number of benzene rings is 2. The molecule has 13 heteroatoms. The van der Waals surface area contributed by atoms with Crippen molar-refractivity contribution < 1.29 is 19.4 Å². The zero-order valence-electron chi connectivity index (χ0n) is 16.6. The van der Waals surface area contributed by atoms with Crippen LogP contribution in [0.25, 0.3) is 16.2 Å². The highest BCUT2D eigenvalue weighted by Crippen LogP contribution is 2.33. The van der Waals surface area contributed by atoms with Crippen LogP contribution < -0.4 is 10.1 Å². The molecule has 32 heavy (non-hydrogen) atoms. The number of amides is 1. The summed E-state index contributed by atoms with van der Waals surface area (Å²) in [7, 11) is 1.55. The minimum Gasteiger partial charge on any atom is -0.496 e. The van der Waals surface area contributed by atoms with Gasteiger partial charge in [-0.3, -0.25) is 30.3 Å². The Kier molecular flexibility index (Phi) is 5.24. The summed E-state index contributed by atoms with van der Waals surface area (Å²) in [4.78, 5) is 38.4. The molecule has 0 aliphatic heterocycles. The number of nitrogens with zero attached hydrogens (tertiary/aromatic N) is 5. The molecule has 162 valence electrons. The molecule has 4 aromatic rings. The molecule has 0 aliphatic carbocycles. The fourth-order valence-electron chi connectivity index (χ4n) is 3.14. The number of rotatable bonds is 6. The van der Waals surface area contributed by atoms with Crippen molar-refractivity contribution in [2.24, 2.45) is 0 Å². The van der Waals surface area contributed by atoms with Crippen LogP contribution in [0.15, 0.2) is 41.8 Å². The van der Waals surface area contributed by atoms with E-state index in [4.69, 9.17) is 4.74 Å². The summed E-state index contributed by atoms with van der Waals surface area (Å²) in [6, 6.07) is 9.30. The molecule has 0 aliphatic rings. The summed E-state index contributed by atoms with van der Waals surface area (Å²) >= 11 is 1.29. The zero-order chi connectivity index (χ0) is 23.0. The Bertz CT molecular complexity index is 1360. The third-order valence-corrected chi connectivity index (χ3v) is 5.51. The third kappa shape index (κ3) is 3.60. The first-order chi connectivity index (χ1) is 15.3. The number of thiazole rings is 1. The molecule has 0 atom stereocenters. The van der Waals surface area contributed by atoms with Crippen molar-refractivity contribution in [1.29, 1.82) is 0 Å². The number of ether oxygens (including phenoxy) is 1. The molecule has 4 rings (SSSR count). The van der Waals surface area contributed by atoms with Crippen LogP contribution in [-0.2, 0) is 0 Å². The van der Waals surface area contributed by atoms with E-state index in [0.717, 1.165) is 17.7 Å². The maximum Gasteiger partial charge on any atom is 0.279 e. The van der Waals surface area contributed by atoms with E-state index in [9.17, 15) is 25.0 Å². The Morgan fingerprint density at radius 1 is 1.16 bits per heavy atom. The van der Waals surface area contributed by atoms with Gasteiger partial charge in [0.05, 0.1) is 28.2 Å². The highest BCUT2D eigenvalue weighted by molar-refractivity contribution is 7.15. The smallest absolute Gasteiger partial charge is 0.279 e. The fourth-order valence-corrected chi connectivity index (χ4v) is 3.97. The van der Waals surface area contributed by atoms with Gasteiger partial charge in [-0.15, -0.1) is 16.4 Å². The summed E-state index contributed by atoms with van der Waals surface area (Å²) in [5, 5.41) is 31.1. The second kappa shape index (κ2) is 8.03. The Morgan fingerprint density at radius 2 is 1.81 bits per heavy atom. The molecule has 0 bridgehead atoms. The average molecular weight is 454 g/mol. The number of aromatic nitrogens is 3. The van der Waals surface area contributed by atoms with Crippen molar-refractivity contribution in [3.8, 4) is 17.0 Å². The van der Waals surface area contributed by atoms with Gasteiger partial charge in [-0.05, 0) is 19.1 Å². The molecule has 0 unspecified atom stereocenters. The topological polar surface area (TPSA) is 155 Å². The first-order valence-electron chi connectivity index (χ1n) is 9.02. The second-order valence-corrected chi connectivity index (χ2v) is 7.40. The van der Waals surface area contributed by atoms with Crippen molar-refractivity contribution in [2.75, 3.05) is 12.4 Å². The summed E-state index contributed by atoms with van der Waals surface area (Å²) in [6.07, 6.45) is 0. The number of nitro groups is 2. The molecule has 2 aromatic carbocycles. The summed E-state index contributed by atoms with van der Waals surface area (Å²) in [5.74, 6) is -0.232. The van der Waals surface area contributed by atoms with Gasteiger partial charge in [-0.1, -0.05) is 12.1 Å². The van der Waals surface area contributed by atoms with Crippen molar-refractivity contribution in [3.05, 3.63) is 73.1 Å². The van der Waals surface area contributed by atoms with E-state index < -0.39 is 27.1 Å². The summed E-state index contributed by atoms with van der Waals surface area (Å²) in [5.41, 5.74) is 0.0183. The Morgan fingerprint density at radius 3 is 2.44 bits per heavy atom. The van der Waals surface area contributed by atoms with Crippen molar-refractivity contribution in [3.63, 3.8) is 0 Å². The molecular weight excluding hydrogens is 440 g/mol. The van der Waals surface area contributed by atoms with Gasteiger partial charge in [0.1, 0.15) is 11.3 Å². The first kappa shape index (κ1) is 20.9. The number of carbonyl (C=O) groups excluding carboxylic acids is 1. The maximum atomic E-state index is 12.7. The van der Waals surface area contributed by atoms with Gasteiger partial charge in [-0.25, -0.2) is 4.52 Å². The number of nitro benzene ring substituents is 2. The number of fused-ring (bicyclic) bond motifs is 1. The van der Waals surface area contributed by atoms with Crippen LogP contribution in [-0.4, -0.2) is 37.5 Å². The minimum atomic E-state index is -0.812. The van der Waals surface area contributed by atoms with Crippen LogP contribution in [0, 0.1) is 27.2 Å². The van der Waals surface area contributed by atoms with Crippen molar-refractivity contribution >= 4 is 39.5 Å². The first-order valence-corrected chi connectivity index (χ1v) is 9.90. The van der Waals surface area contributed by atoms with Crippen molar-refractivity contribution in [2.45, 2.75) is 6.92 Å². The Balaban J connectivity index is 1.69. The quantitative estimate of drug-likeness (QED) is 0.340. The fraction of sp³-hybridized carbons (Fsp3) is 0.105. The van der Waals surface area contributed by atoms with Gasteiger partial charge in [-0.2, -0.15) is 4.98 Å². The number of anilines is 1. The van der Waals surface area contributed by atoms with Crippen LogP contribution in [0.5, 0.6) is 5.75 Å². The molecular formula is C19H14N6O6S. The summed E-state index contributed by atoms with van der Waals surface area (Å²) in [6.45, 7) is 1.25. The van der Waals surface area contributed by atoms with Gasteiger partial charge in [0.15, 0.2) is 0 Å². The number of carbonyl (C=O) groups is 1. The molecule has 0 fully saturated rings. The lowest BCUT2D eigenvalue weighted by molar-refractivity contribution is -0.395. The average Bonchev–Trinajstić information content (AvgIpc) is 3.33. The van der Waals surface area contributed by atoms with E-state index in [0.29, 0.717) is 16.4 Å².